The van der Waals surface area contributed by atoms with Crippen molar-refractivity contribution in [3.8, 4) is 11.5 Å². The van der Waals surface area contributed by atoms with Crippen molar-refractivity contribution in [3.05, 3.63) is 23.8 Å². The molecule has 1 aromatic rings. The molecule has 0 atom stereocenters. The van der Waals surface area contributed by atoms with Crippen molar-refractivity contribution in [2.45, 2.75) is 40.7 Å². The maximum Gasteiger partial charge on any atom is 0.191 e. The van der Waals surface area contributed by atoms with Gasteiger partial charge in [0.05, 0.1) is 26.9 Å². The van der Waals surface area contributed by atoms with E-state index in [9.17, 15) is 0 Å². The zero-order chi connectivity index (χ0) is 19.2. The first-order chi connectivity index (χ1) is 12.6. The molecule has 27 heavy (non-hydrogen) atoms. The minimum atomic E-state index is 0. The van der Waals surface area contributed by atoms with Crippen LogP contribution in [0.2, 0.25) is 0 Å². The Morgan fingerprint density at radius 2 is 1.89 bits per heavy atom. The third kappa shape index (κ3) is 11.3. The molecule has 156 valence electrons. The number of aliphatic imine (C=N–C) groups is 1. The Morgan fingerprint density at radius 1 is 1.11 bits per heavy atom. The summed E-state index contributed by atoms with van der Waals surface area (Å²) in [5.74, 6) is 2.95. The first-order valence-electron chi connectivity index (χ1n) is 9.50. The molecule has 6 nitrogen and oxygen atoms in total. The number of nitrogens with zero attached hydrogens (tertiary/aromatic N) is 1. The second-order valence-electron chi connectivity index (χ2n) is 6.34. The molecule has 1 aromatic carbocycles. The quantitative estimate of drug-likeness (QED) is 0.201. The Balaban J connectivity index is 0.00000676. The lowest BCUT2D eigenvalue weighted by molar-refractivity contribution is 0.128. The highest BCUT2D eigenvalue weighted by Gasteiger charge is 2.05. The second kappa shape index (κ2) is 15.8. The fourth-order valence-electron chi connectivity index (χ4n) is 2.26. The van der Waals surface area contributed by atoms with Crippen molar-refractivity contribution in [2.24, 2.45) is 10.9 Å². The van der Waals surface area contributed by atoms with Crippen LogP contribution in [0.25, 0.3) is 0 Å². The third-order valence-electron chi connectivity index (χ3n) is 3.67. The van der Waals surface area contributed by atoms with E-state index >= 15 is 0 Å². The molecule has 0 aliphatic rings. The van der Waals surface area contributed by atoms with Crippen LogP contribution < -0.4 is 20.1 Å². The van der Waals surface area contributed by atoms with Crippen LogP contribution >= 0.6 is 24.0 Å². The number of benzene rings is 1. The van der Waals surface area contributed by atoms with Gasteiger partial charge in [0.2, 0.25) is 0 Å². The number of hydrogen-bond donors (Lipinski definition) is 2. The minimum absolute atomic E-state index is 0. The summed E-state index contributed by atoms with van der Waals surface area (Å²) in [5, 5.41) is 6.55. The molecule has 7 heteroatoms. The molecule has 0 bridgehead atoms. The van der Waals surface area contributed by atoms with Gasteiger partial charge >= 0.3 is 0 Å². The van der Waals surface area contributed by atoms with Gasteiger partial charge in [-0.2, -0.15) is 0 Å². The van der Waals surface area contributed by atoms with E-state index in [1.165, 1.54) is 0 Å². The molecule has 0 saturated carbocycles. The molecule has 0 amide bonds. The number of ether oxygens (including phenoxy) is 3. The minimum Gasteiger partial charge on any atom is -0.493 e. The van der Waals surface area contributed by atoms with E-state index in [4.69, 9.17) is 14.2 Å². The largest absolute Gasteiger partial charge is 0.493 e. The lowest BCUT2D eigenvalue weighted by Gasteiger charge is -2.13. The molecule has 0 radical (unpaired) electrons. The molecule has 2 N–H and O–H groups in total. The van der Waals surface area contributed by atoms with Crippen LogP contribution in [-0.4, -0.2) is 46.0 Å². The van der Waals surface area contributed by atoms with Gasteiger partial charge in [0.1, 0.15) is 0 Å². The van der Waals surface area contributed by atoms with Crippen LogP contribution in [0.3, 0.4) is 0 Å². The summed E-state index contributed by atoms with van der Waals surface area (Å²) in [6.45, 7) is 12.6. The van der Waals surface area contributed by atoms with E-state index in [1.807, 2.05) is 25.1 Å². The molecule has 0 aromatic heterocycles. The number of methoxy groups -OCH3 is 1. The highest BCUT2D eigenvalue weighted by atomic mass is 127. The number of rotatable bonds is 12. The molecular formula is C20H36IN3O3. The van der Waals surface area contributed by atoms with Crippen LogP contribution in [0, 0.1) is 5.92 Å². The Hall–Kier alpha value is -1.22. The monoisotopic (exact) mass is 493 g/mol. The number of hydrogen-bond acceptors (Lipinski definition) is 4. The van der Waals surface area contributed by atoms with Gasteiger partial charge in [0.25, 0.3) is 0 Å². The predicted octanol–water partition coefficient (Wildman–Crippen LogP) is 3.83. The lowest BCUT2D eigenvalue weighted by atomic mass is 10.1. The van der Waals surface area contributed by atoms with E-state index in [1.54, 1.807) is 7.11 Å². The van der Waals surface area contributed by atoms with Crippen molar-refractivity contribution < 1.29 is 14.2 Å². The maximum atomic E-state index is 5.63. The van der Waals surface area contributed by atoms with Gasteiger partial charge in [-0.05, 0) is 43.9 Å². The fourth-order valence-corrected chi connectivity index (χ4v) is 2.26. The van der Waals surface area contributed by atoms with Crippen molar-refractivity contribution in [1.29, 1.82) is 0 Å². The van der Waals surface area contributed by atoms with Crippen LogP contribution in [0.5, 0.6) is 11.5 Å². The Bertz CT molecular complexity index is 539. The third-order valence-corrected chi connectivity index (χ3v) is 3.67. The normalized spacial score (nSPS) is 11.1. The summed E-state index contributed by atoms with van der Waals surface area (Å²) in [4.78, 5) is 4.63. The first kappa shape index (κ1) is 25.8. The van der Waals surface area contributed by atoms with Gasteiger partial charge in [-0.25, -0.2) is 4.99 Å². The summed E-state index contributed by atoms with van der Waals surface area (Å²) < 4.78 is 16.6. The van der Waals surface area contributed by atoms with E-state index in [-0.39, 0.29) is 24.0 Å². The number of guanidine groups is 1. The van der Waals surface area contributed by atoms with Crippen molar-refractivity contribution in [1.82, 2.24) is 10.6 Å². The Labute approximate surface area is 181 Å². The number of nitrogens with one attached hydrogen (secondary N) is 2. The zero-order valence-corrected chi connectivity index (χ0v) is 19.7. The van der Waals surface area contributed by atoms with E-state index in [2.05, 4.69) is 36.4 Å². The van der Waals surface area contributed by atoms with E-state index in [0.717, 1.165) is 49.1 Å². The molecular weight excluding hydrogens is 457 g/mol. The molecule has 0 aliphatic heterocycles. The smallest absolute Gasteiger partial charge is 0.191 e. The van der Waals surface area contributed by atoms with Gasteiger partial charge in [-0.1, -0.05) is 19.9 Å². The Morgan fingerprint density at radius 3 is 2.52 bits per heavy atom. The van der Waals surface area contributed by atoms with Crippen LogP contribution in [0.1, 0.15) is 39.7 Å². The second-order valence-corrected chi connectivity index (χ2v) is 6.34. The van der Waals surface area contributed by atoms with E-state index in [0.29, 0.717) is 25.7 Å². The summed E-state index contributed by atoms with van der Waals surface area (Å²) in [5.41, 5.74) is 1.07. The van der Waals surface area contributed by atoms with Crippen LogP contribution in [-0.2, 0) is 11.3 Å². The SMILES string of the molecule is CCNC(=NCc1ccc(OC)c(OCC)c1)NCCOCCC(C)C.I. The van der Waals surface area contributed by atoms with Gasteiger partial charge in [-0.15, -0.1) is 24.0 Å². The predicted molar refractivity (Wildman–Crippen MR) is 123 cm³/mol. The molecule has 0 fully saturated rings. The molecule has 0 heterocycles. The van der Waals surface area contributed by atoms with Gasteiger partial charge < -0.3 is 24.8 Å². The lowest BCUT2D eigenvalue weighted by Crippen LogP contribution is -2.39. The standard InChI is InChI=1S/C20H35N3O3.HI/c1-6-21-20(22-11-13-25-12-10-16(3)4)23-15-17-8-9-18(24-5)19(14-17)26-7-2;/h8-9,14,16H,6-7,10-13,15H2,1-5H3,(H2,21,22,23);1H. The van der Waals surface area contributed by atoms with E-state index < -0.39 is 0 Å². The van der Waals surface area contributed by atoms with Gasteiger partial charge in [-0.3, -0.25) is 0 Å². The fraction of sp³-hybridized carbons (Fsp3) is 0.650. The van der Waals surface area contributed by atoms with Crippen molar-refractivity contribution >= 4 is 29.9 Å². The average Bonchev–Trinajstić information content (AvgIpc) is 2.62. The van der Waals surface area contributed by atoms with Crippen molar-refractivity contribution in [2.75, 3.05) is 40.0 Å². The molecule has 0 aliphatic carbocycles. The highest BCUT2D eigenvalue weighted by Crippen LogP contribution is 2.28. The average molecular weight is 493 g/mol. The van der Waals surface area contributed by atoms with Crippen molar-refractivity contribution in [3.63, 3.8) is 0 Å². The molecule has 0 unspecified atom stereocenters. The highest BCUT2D eigenvalue weighted by molar-refractivity contribution is 14.0. The summed E-state index contributed by atoms with van der Waals surface area (Å²) in [7, 11) is 1.64. The zero-order valence-electron chi connectivity index (χ0n) is 17.3. The van der Waals surface area contributed by atoms with Crippen LogP contribution in [0.15, 0.2) is 23.2 Å². The molecule has 0 saturated heterocycles. The molecule has 0 spiro atoms. The first-order valence-corrected chi connectivity index (χ1v) is 9.50. The number of halogens is 1. The topological polar surface area (TPSA) is 64.1 Å². The maximum absolute atomic E-state index is 5.63. The summed E-state index contributed by atoms with van der Waals surface area (Å²) in [6.07, 6.45) is 1.09. The summed E-state index contributed by atoms with van der Waals surface area (Å²) in [6, 6.07) is 5.90. The van der Waals surface area contributed by atoms with Gasteiger partial charge in [0, 0.05) is 19.7 Å². The Kier molecular flexibility index (Phi) is 15.1. The molecule has 1 rings (SSSR count). The van der Waals surface area contributed by atoms with Gasteiger partial charge in [0.15, 0.2) is 17.5 Å². The van der Waals surface area contributed by atoms with Crippen LogP contribution in [0.4, 0.5) is 0 Å². The summed E-state index contributed by atoms with van der Waals surface area (Å²) >= 11 is 0.